The summed E-state index contributed by atoms with van der Waals surface area (Å²) < 4.78 is 48.3. The van der Waals surface area contributed by atoms with Crippen molar-refractivity contribution in [3.63, 3.8) is 0 Å². The largest absolute Gasteiger partial charge is 0.390 e. The van der Waals surface area contributed by atoms with Crippen molar-refractivity contribution in [2.24, 2.45) is 0 Å². The van der Waals surface area contributed by atoms with Crippen LogP contribution in [0.25, 0.3) is 0 Å². The maximum Gasteiger partial charge on any atom is 0.390 e. The second kappa shape index (κ2) is 5.10. The lowest BCUT2D eigenvalue weighted by Crippen LogP contribution is -2.15. The molecule has 1 rings (SSSR count). The first-order chi connectivity index (χ1) is 7.29. The summed E-state index contributed by atoms with van der Waals surface area (Å²) in [7, 11) is 0. The Morgan fingerprint density at radius 3 is 2.06 bits per heavy atom. The van der Waals surface area contributed by atoms with E-state index in [0.717, 1.165) is 12.1 Å². The second-order valence-electron chi connectivity index (χ2n) is 3.04. The molecule has 0 aliphatic rings. The van der Waals surface area contributed by atoms with Crippen LogP contribution in [0.15, 0.2) is 12.1 Å². The molecule has 90 valence electrons. The molecule has 0 aromatic heterocycles. The highest BCUT2D eigenvalue weighted by atomic mass is 35.5. The van der Waals surface area contributed by atoms with Gasteiger partial charge in [-0.2, -0.15) is 13.2 Å². The van der Waals surface area contributed by atoms with Crippen LogP contribution in [0.5, 0.6) is 0 Å². The quantitative estimate of drug-likeness (QED) is 0.801. The fraction of sp³-hybridized carbons (Fsp3) is 0.333. The molecule has 0 fully saturated rings. The standard InChI is InChI=1S/C9H7Cl2F4N/c10-6-3-5(12)4-7(11)8(6)16-2-1-9(13,14)15/h3-4,16H,1-2H2. The maximum absolute atomic E-state index is 12.7. The summed E-state index contributed by atoms with van der Waals surface area (Å²) in [6.07, 6.45) is -5.27. The molecule has 0 radical (unpaired) electrons. The van der Waals surface area contributed by atoms with Crippen molar-refractivity contribution >= 4 is 28.9 Å². The van der Waals surface area contributed by atoms with Crippen molar-refractivity contribution in [1.29, 1.82) is 0 Å². The van der Waals surface area contributed by atoms with E-state index in [2.05, 4.69) is 5.32 Å². The number of benzene rings is 1. The fourth-order valence-corrected chi connectivity index (χ4v) is 1.63. The highest BCUT2D eigenvalue weighted by Crippen LogP contribution is 2.31. The molecule has 7 heteroatoms. The SMILES string of the molecule is Fc1cc(Cl)c(NCCC(F)(F)F)c(Cl)c1. The number of hydrogen-bond acceptors (Lipinski definition) is 1. The van der Waals surface area contributed by atoms with Crippen LogP contribution in [0.4, 0.5) is 23.2 Å². The van der Waals surface area contributed by atoms with Gasteiger partial charge in [0.1, 0.15) is 5.82 Å². The van der Waals surface area contributed by atoms with Gasteiger partial charge in [-0.15, -0.1) is 0 Å². The van der Waals surface area contributed by atoms with E-state index >= 15 is 0 Å². The first-order valence-electron chi connectivity index (χ1n) is 4.25. The van der Waals surface area contributed by atoms with E-state index < -0.39 is 18.4 Å². The van der Waals surface area contributed by atoms with E-state index in [9.17, 15) is 17.6 Å². The van der Waals surface area contributed by atoms with Gasteiger partial charge in [-0.3, -0.25) is 0 Å². The summed E-state index contributed by atoms with van der Waals surface area (Å²) in [6.45, 7) is -0.366. The summed E-state index contributed by atoms with van der Waals surface area (Å²) in [5, 5.41) is 2.32. The minimum atomic E-state index is -4.26. The molecule has 1 aromatic rings. The molecule has 16 heavy (non-hydrogen) atoms. The van der Waals surface area contributed by atoms with E-state index in [-0.39, 0.29) is 22.3 Å². The van der Waals surface area contributed by atoms with Crippen molar-refractivity contribution < 1.29 is 17.6 Å². The van der Waals surface area contributed by atoms with Crippen LogP contribution >= 0.6 is 23.2 Å². The number of rotatable bonds is 3. The summed E-state index contributed by atoms with van der Waals surface area (Å²) in [4.78, 5) is 0. The van der Waals surface area contributed by atoms with Gasteiger partial charge in [0, 0.05) is 6.54 Å². The average Bonchev–Trinajstić information content (AvgIpc) is 2.07. The van der Waals surface area contributed by atoms with Crippen LogP contribution in [0.2, 0.25) is 10.0 Å². The molecule has 1 aromatic carbocycles. The van der Waals surface area contributed by atoms with Gasteiger partial charge >= 0.3 is 6.18 Å². The molecule has 0 saturated carbocycles. The first kappa shape index (κ1) is 13.4. The number of halogens is 6. The minimum absolute atomic E-state index is 0.0489. The molecule has 0 bridgehead atoms. The molecule has 0 atom stereocenters. The third kappa shape index (κ3) is 4.06. The number of alkyl halides is 3. The Morgan fingerprint density at radius 2 is 1.62 bits per heavy atom. The van der Waals surface area contributed by atoms with Crippen LogP contribution in [0.3, 0.4) is 0 Å². The molecular weight excluding hydrogens is 269 g/mol. The summed E-state index contributed by atoms with van der Waals surface area (Å²) in [5.41, 5.74) is 0.106. The zero-order valence-electron chi connectivity index (χ0n) is 7.84. The Hall–Kier alpha value is -0.680. The highest BCUT2D eigenvalue weighted by Gasteiger charge is 2.26. The van der Waals surface area contributed by atoms with E-state index in [1.807, 2.05) is 0 Å². The van der Waals surface area contributed by atoms with Gasteiger partial charge in [-0.05, 0) is 12.1 Å². The molecule has 0 aliphatic carbocycles. The third-order valence-electron chi connectivity index (χ3n) is 1.72. The van der Waals surface area contributed by atoms with Gasteiger partial charge in [0.05, 0.1) is 22.2 Å². The van der Waals surface area contributed by atoms with Gasteiger partial charge < -0.3 is 5.32 Å². The Labute approximate surface area is 99.3 Å². The monoisotopic (exact) mass is 275 g/mol. The Balaban J connectivity index is 2.68. The van der Waals surface area contributed by atoms with Crippen LogP contribution < -0.4 is 5.32 Å². The van der Waals surface area contributed by atoms with Crippen molar-refractivity contribution in [3.05, 3.63) is 28.0 Å². The summed E-state index contributed by atoms with van der Waals surface area (Å²) >= 11 is 11.2. The predicted molar refractivity (Wildman–Crippen MR) is 55.6 cm³/mol. The molecule has 0 saturated heterocycles. The predicted octanol–water partition coefficient (Wildman–Crippen LogP) is 4.50. The lowest BCUT2D eigenvalue weighted by Gasteiger charge is -2.11. The highest BCUT2D eigenvalue weighted by molar-refractivity contribution is 6.39. The van der Waals surface area contributed by atoms with E-state index in [1.165, 1.54) is 0 Å². The van der Waals surface area contributed by atoms with E-state index in [4.69, 9.17) is 23.2 Å². The molecule has 0 amide bonds. The molecule has 1 nitrogen and oxygen atoms in total. The van der Waals surface area contributed by atoms with Crippen molar-refractivity contribution in [2.45, 2.75) is 12.6 Å². The Bertz CT molecular complexity index is 355. The third-order valence-corrected chi connectivity index (χ3v) is 2.31. The maximum atomic E-state index is 12.7. The molecule has 0 heterocycles. The zero-order chi connectivity index (χ0) is 12.3. The second-order valence-corrected chi connectivity index (χ2v) is 3.85. The van der Waals surface area contributed by atoms with Gasteiger partial charge in [0.25, 0.3) is 0 Å². The van der Waals surface area contributed by atoms with Gasteiger partial charge in [0.15, 0.2) is 0 Å². The smallest absolute Gasteiger partial charge is 0.382 e. The average molecular weight is 276 g/mol. The number of nitrogens with one attached hydrogen (secondary N) is 1. The lowest BCUT2D eigenvalue weighted by molar-refractivity contribution is -0.131. The van der Waals surface area contributed by atoms with Crippen LogP contribution in [-0.4, -0.2) is 12.7 Å². The van der Waals surface area contributed by atoms with Gasteiger partial charge in [-0.1, -0.05) is 23.2 Å². The molecular formula is C9H7Cl2F4N. The number of hydrogen-bond donors (Lipinski definition) is 1. The van der Waals surface area contributed by atoms with Crippen molar-refractivity contribution in [3.8, 4) is 0 Å². The fourth-order valence-electron chi connectivity index (χ4n) is 1.04. The van der Waals surface area contributed by atoms with Gasteiger partial charge in [-0.25, -0.2) is 4.39 Å². The van der Waals surface area contributed by atoms with Crippen molar-refractivity contribution in [2.75, 3.05) is 11.9 Å². The lowest BCUT2D eigenvalue weighted by atomic mass is 10.3. The summed E-state index contributed by atoms with van der Waals surface area (Å²) in [5.74, 6) is -0.642. The van der Waals surface area contributed by atoms with Crippen LogP contribution in [-0.2, 0) is 0 Å². The topological polar surface area (TPSA) is 12.0 Å². The Kier molecular flexibility index (Phi) is 4.27. The van der Waals surface area contributed by atoms with Crippen molar-refractivity contribution in [1.82, 2.24) is 0 Å². The molecule has 0 unspecified atom stereocenters. The summed E-state index contributed by atoms with van der Waals surface area (Å²) in [6, 6.07) is 1.95. The zero-order valence-corrected chi connectivity index (χ0v) is 9.35. The van der Waals surface area contributed by atoms with Crippen LogP contribution in [0, 0.1) is 5.82 Å². The molecule has 0 aliphatic heterocycles. The Morgan fingerprint density at radius 1 is 1.12 bits per heavy atom. The normalized spacial score (nSPS) is 11.6. The van der Waals surface area contributed by atoms with E-state index in [0.29, 0.717) is 0 Å². The van der Waals surface area contributed by atoms with E-state index in [1.54, 1.807) is 0 Å². The van der Waals surface area contributed by atoms with Crippen LogP contribution in [0.1, 0.15) is 6.42 Å². The first-order valence-corrected chi connectivity index (χ1v) is 5.00. The minimum Gasteiger partial charge on any atom is -0.382 e. The number of anilines is 1. The molecule has 1 N–H and O–H groups in total. The molecule has 0 spiro atoms. The van der Waals surface area contributed by atoms with Gasteiger partial charge in [0.2, 0.25) is 0 Å².